The topological polar surface area (TPSA) is 32.3 Å². The van der Waals surface area contributed by atoms with Gasteiger partial charge in [0.05, 0.1) is 10.2 Å². The van der Waals surface area contributed by atoms with Crippen LogP contribution < -0.4 is 5.32 Å². The van der Waals surface area contributed by atoms with Gasteiger partial charge in [0.2, 0.25) is 0 Å². The first-order chi connectivity index (χ1) is 10.7. The number of benzene rings is 1. The first-order valence-corrected chi connectivity index (χ1v) is 7.91. The Morgan fingerprint density at radius 3 is 2.65 bits per heavy atom. The van der Waals surface area contributed by atoms with E-state index >= 15 is 0 Å². The molecule has 1 aromatic rings. The van der Waals surface area contributed by atoms with Crippen LogP contribution >= 0.6 is 15.9 Å². The summed E-state index contributed by atoms with van der Waals surface area (Å²) in [6, 6.07) is 1.59. The average Bonchev–Trinajstić information content (AvgIpc) is 3.25. The van der Waals surface area contributed by atoms with Crippen molar-refractivity contribution < 1.29 is 18.0 Å². The van der Waals surface area contributed by atoms with Crippen LogP contribution in [0.5, 0.6) is 0 Å². The second kappa shape index (κ2) is 5.17. The second-order valence-corrected chi connectivity index (χ2v) is 6.80. The summed E-state index contributed by atoms with van der Waals surface area (Å²) in [7, 11) is 1.25. The van der Waals surface area contributed by atoms with Gasteiger partial charge in [-0.15, -0.1) is 0 Å². The molecule has 0 radical (unpaired) electrons. The van der Waals surface area contributed by atoms with Crippen molar-refractivity contribution in [2.45, 2.75) is 31.2 Å². The number of carbonyl (C=O) groups excluding carboxylic acids is 1. The number of hydrogen-bond donors (Lipinski definition) is 1. The van der Waals surface area contributed by atoms with Crippen LogP contribution in [0.4, 0.5) is 23.7 Å². The van der Waals surface area contributed by atoms with Gasteiger partial charge in [0.1, 0.15) is 5.82 Å². The van der Waals surface area contributed by atoms with Crippen LogP contribution in [0.3, 0.4) is 0 Å². The Bertz CT molecular complexity index is 746. The average molecular weight is 387 g/mol. The maximum atomic E-state index is 14.6. The maximum Gasteiger partial charge on any atom is 0.323 e. The summed E-state index contributed by atoms with van der Waals surface area (Å²) in [5, 5.41) is 2.50. The number of halogens is 4. The van der Waals surface area contributed by atoms with E-state index in [0.29, 0.717) is 6.92 Å². The van der Waals surface area contributed by atoms with E-state index in [1.807, 2.05) is 0 Å². The number of alkyl halides is 2. The minimum atomic E-state index is -3.38. The zero-order valence-corrected chi connectivity index (χ0v) is 14.1. The molecule has 7 heteroatoms. The lowest BCUT2D eigenvalue weighted by Gasteiger charge is -2.45. The lowest BCUT2D eigenvalue weighted by molar-refractivity contribution is -0.0862. The Morgan fingerprint density at radius 1 is 1.43 bits per heavy atom. The molecular formula is C16H14BrF3N2O. The van der Waals surface area contributed by atoms with Crippen molar-refractivity contribution in [3.8, 4) is 11.8 Å². The van der Waals surface area contributed by atoms with Crippen molar-refractivity contribution in [1.29, 1.82) is 0 Å². The lowest BCUT2D eigenvalue weighted by Crippen LogP contribution is -2.60. The first kappa shape index (κ1) is 16.2. The molecule has 1 N–H and O–H groups in total. The fraction of sp³-hybridized carbons (Fsp3) is 0.438. The molecule has 0 aromatic heterocycles. The quantitative estimate of drug-likeness (QED) is 0.715. The van der Waals surface area contributed by atoms with Crippen LogP contribution in [0.2, 0.25) is 0 Å². The van der Waals surface area contributed by atoms with Crippen LogP contribution in [0.15, 0.2) is 16.6 Å². The SMILES string of the molecule is CN1C(=O)Nc2cc(Br)c(F)cc2[C@]1(C#CC1CC1)C(C)(F)F. The summed E-state index contributed by atoms with van der Waals surface area (Å²) in [6.45, 7) is 0.702. The summed E-state index contributed by atoms with van der Waals surface area (Å²) < 4.78 is 43.3. The minimum absolute atomic E-state index is 0.0408. The Morgan fingerprint density at radius 2 is 2.09 bits per heavy atom. The highest BCUT2D eigenvalue weighted by atomic mass is 79.9. The number of nitrogens with zero attached hydrogens (tertiary/aromatic N) is 1. The van der Waals surface area contributed by atoms with E-state index < -0.39 is 23.3 Å². The predicted molar refractivity (Wildman–Crippen MR) is 83.7 cm³/mol. The second-order valence-electron chi connectivity index (χ2n) is 5.94. The molecule has 0 spiro atoms. The molecule has 1 atom stereocenters. The smallest absolute Gasteiger partial charge is 0.307 e. The molecular weight excluding hydrogens is 373 g/mol. The van der Waals surface area contributed by atoms with Crippen molar-refractivity contribution in [1.82, 2.24) is 4.90 Å². The van der Waals surface area contributed by atoms with Gasteiger partial charge in [0.25, 0.3) is 5.92 Å². The number of nitrogens with one attached hydrogen (secondary N) is 1. The van der Waals surface area contributed by atoms with Crippen molar-refractivity contribution in [3.63, 3.8) is 0 Å². The van der Waals surface area contributed by atoms with Crippen LogP contribution in [-0.4, -0.2) is 23.9 Å². The van der Waals surface area contributed by atoms with E-state index in [1.54, 1.807) is 0 Å². The largest absolute Gasteiger partial charge is 0.323 e. The zero-order chi connectivity index (χ0) is 17.0. The van der Waals surface area contributed by atoms with Crippen molar-refractivity contribution in [2.24, 2.45) is 5.92 Å². The molecule has 1 heterocycles. The number of anilines is 1. The van der Waals surface area contributed by atoms with E-state index in [4.69, 9.17) is 0 Å². The van der Waals surface area contributed by atoms with Crippen LogP contribution in [-0.2, 0) is 5.54 Å². The fourth-order valence-electron chi connectivity index (χ4n) is 2.71. The highest BCUT2D eigenvalue weighted by Crippen LogP contribution is 2.48. The third-order valence-corrected chi connectivity index (χ3v) is 4.78. The van der Waals surface area contributed by atoms with Gasteiger partial charge in [-0.3, -0.25) is 0 Å². The molecule has 0 bridgehead atoms. The van der Waals surface area contributed by atoms with Gasteiger partial charge in [0.15, 0.2) is 5.54 Å². The normalized spacial score (nSPS) is 23.7. The molecule has 1 aliphatic heterocycles. The third-order valence-electron chi connectivity index (χ3n) is 4.17. The molecule has 3 nitrogen and oxygen atoms in total. The third kappa shape index (κ3) is 2.49. The number of hydrogen-bond acceptors (Lipinski definition) is 1. The fourth-order valence-corrected chi connectivity index (χ4v) is 3.05. The Labute approximate surface area is 140 Å². The predicted octanol–water partition coefficient (Wildman–Crippen LogP) is 4.33. The molecule has 1 fully saturated rings. The molecule has 0 unspecified atom stereocenters. The molecule has 3 rings (SSSR count). The molecule has 2 aliphatic rings. The van der Waals surface area contributed by atoms with Crippen LogP contribution in [0, 0.1) is 23.6 Å². The van der Waals surface area contributed by atoms with Crippen molar-refractivity contribution >= 4 is 27.6 Å². The Balaban J connectivity index is 2.31. The molecule has 2 amide bonds. The Hall–Kier alpha value is -1.68. The van der Waals surface area contributed by atoms with E-state index in [9.17, 15) is 18.0 Å². The van der Waals surface area contributed by atoms with Crippen molar-refractivity contribution in [3.05, 3.63) is 28.0 Å². The highest BCUT2D eigenvalue weighted by molar-refractivity contribution is 9.10. The summed E-state index contributed by atoms with van der Waals surface area (Å²) in [4.78, 5) is 13.0. The molecule has 0 saturated heterocycles. The number of amides is 2. The Kier molecular flexibility index (Phi) is 3.64. The number of carbonyl (C=O) groups is 1. The number of rotatable bonds is 1. The van der Waals surface area contributed by atoms with E-state index in [2.05, 4.69) is 33.1 Å². The van der Waals surface area contributed by atoms with Crippen LogP contribution in [0.25, 0.3) is 0 Å². The molecule has 1 aliphatic carbocycles. The van der Waals surface area contributed by atoms with Crippen molar-refractivity contribution in [2.75, 3.05) is 12.4 Å². The monoisotopic (exact) mass is 386 g/mol. The maximum absolute atomic E-state index is 14.6. The summed E-state index contributed by atoms with van der Waals surface area (Å²) >= 11 is 3.01. The van der Waals surface area contributed by atoms with Gasteiger partial charge < -0.3 is 10.2 Å². The summed E-state index contributed by atoms with van der Waals surface area (Å²) in [6.07, 6.45) is 1.71. The van der Waals surface area contributed by atoms with E-state index in [1.165, 1.54) is 13.1 Å². The summed E-state index contributed by atoms with van der Waals surface area (Å²) in [5.74, 6) is 1.42. The van der Waals surface area contributed by atoms with Gasteiger partial charge in [-0.25, -0.2) is 18.0 Å². The molecule has 1 saturated carbocycles. The molecule has 1 aromatic carbocycles. The zero-order valence-electron chi connectivity index (χ0n) is 12.5. The van der Waals surface area contributed by atoms with Gasteiger partial charge in [-0.2, -0.15) is 0 Å². The minimum Gasteiger partial charge on any atom is -0.307 e. The summed E-state index contributed by atoms with van der Waals surface area (Å²) in [5.41, 5.74) is -2.11. The van der Waals surface area contributed by atoms with Gasteiger partial charge in [-0.05, 0) is 40.9 Å². The number of urea groups is 1. The number of fused-ring (bicyclic) bond motifs is 1. The molecule has 122 valence electrons. The van der Waals surface area contributed by atoms with Gasteiger partial charge >= 0.3 is 6.03 Å². The lowest BCUT2D eigenvalue weighted by atomic mass is 9.80. The van der Waals surface area contributed by atoms with Gasteiger partial charge in [0, 0.05) is 25.5 Å². The molecule has 23 heavy (non-hydrogen) atoms. The first-order valence-electron chi connectivity index (χ1n) is 7.11. The van der Waals surface area contributed by atoms with Gasteiger partial charge in [-0.1, -0.05) is 11.8 Å². The van der Waals surface area contributed by atoms with E-state index in [0.717, 1.165) is 23.8 Å². The standard InChI is InChI=1S/C16H14BrF3N2O/c1-15(19,20)16(6-5-9-3-4-9)10-7-12(18)11(17)8-13(10)21-14(23)22(16)2/h7-9H,3-4H2,1-2H3,(H,21,23)/t16-/m1/s1. The van der Waals surface area contributed by atoms with Crippen LogP contribution in [0.1, 0.15) is 25.3 Å². The highest BCUT2D eigenvalue weighted by Gasteiger charge is 2.58. The van der Waals surface area contributed by atoms with E-state index in [-0.39, 0.29) is 21.6 Å².